The Balaban J connectivity index is 1.49. The first-order valence-electron chi connectivity index (χ1n) is 7.59. The number of hydrogen-bond donors (Lipinski definition) is 0. The second-order valence-electron chi connectivity index (χ2n) is 6.92. The topological polar surface area (TPSA) is 21.7 Å². The fraction of sp³-hybridized carbons (Fsp3) is 1.00. The zero-order valence-electron chi connectivity index (χ0n) is 11.9. The van der Waals surface area contributed by atoms with Crippen molar-refractivity contribution in [2.24, 2.45) is 5.41 Å². The normalized spacial score (nSPS) is 30.8. The lowest BCUT2D eigenvalue weighted by atomic mass is 9.70. The van der Waals surface area contributed by atoms with Crippen molar-refractivity contribution in [3.8, 4) is 0 Å². The van der Waals surface area contributed by atoms with E-state index in [2.05, 4.69) is 18.9 Å². The van der Waals surface area contributed by atoms with Crippen molar-refractivity contribution in [1.29, 1.82) is 0 Å². The maximum atomic E-state index is 5.80. The summed E-state index contributed by atoms with van der Waals surface area (Å²) in [7, 11) is 2.31. The lowest BCUT2D eigenvalue weighted by Crippen LogP contribution is -2.47. The van der Waals surface area contributed by atoms with Gasteiger partial charge in [-0.1, -0.05) is 13.3 Å². The van der Waals surface area contributed by atoms with Crippen molar-refractivity contribution in [2.75, 3.05) is 26.8 Å². The molecule has 0 N–H and O–H groups in total. The molecular weight excluding hydrogens is 226 g/mol. The first-order chi connectivity index (χ1) is 8.61. The van der Waals surface area contributed by atoms with Gasteiger partial charge in [-0.3, -0.25) is 0 Å². The van der Waals surface area contributed by atoms with E-state index in [4.69, 9.17) is 9.47 Å². The van der Waals surface area contributed by atoms with Crippen molar-refractivity contribution in [3.63, 3.8) is 0 Å². The zero-order chi connectivity index (χ0) is 12.6. The fourth-order valence-corrected chi connectivity index (χ4v) is 3.94. The van der Waals surface area contributed by atoms with Gasteiger partial charge in [-0.15, -0.1) is 0 Å². The van der Waals surface area contributed by atoms with Crippen LogP contribution in [-0.2, 0) is 9.47 Å². The minimum Gasteiger partial charge on any atom is -0.348 e. The third kappa shape index (κ3) is 2.45. The third-order valence-corrected chi connectivity index (χ3v) is 5.35. The Labute approximate surface area is 111 Å². The standard InChI is InChI=1S/C15H27NO2/c1-14(6-3-7-14)12-16(2)13-4-8-15(9-5-13)17-10-11-18-15/h13H,3-12H2,1-2H3. The molecule has 0 atom stereocenters. The molecule has 3 aliphatic rings. The van der Waals surface area contributed by atoms with E-state index in [-0.39, 0.29) is 5.79 Å². The van der Waals surface area contributed by atoms with Crippen LogP contribution in [0.15, 0.2) is 0 Å². The van der Waals surface area contributed by atoms with Crippen LogP contribution in [0.1, 0.15) is 51.9 Å². The van der Waals surface area contributed by atoms with Gasteiger partial charge in [0.05, 0.1) is 13.2 Å². The van der Waals surface area contributed by atoms with Crippen molar-refractivity contribution < 1.29 is 9.47 Å². The molecular formula is C15H27NO2. The Bertz CT molecular complexity index is 285. The van der Waals surface area contributed by atoms with E-state index in [1.807, 2.05) is 0 Å². The Morgan fingerprint density at radius 2 is 1.67 bits per heavy atom. The molecule has 0 amide bonds. The summed E-state index contributed by atoms with van der Waals surface area (Å²) in [6, 6.07) is 0.737. The Kier molecular flexibility index (Phi) is 3.41. The average Bonchev–Trinajstić information content (AvgIpc) is 2.76. The minimum absolute atomic E-state index is 0.197. The molecule has 104 valence electrons. The quantitative estimate of drug-likeness (QED) is 0.772. The molecule has 1 saturated heterocycles. The summed E-state index contributed by atoms with van der Waals surface area (Å²) in [6.07, 6.45) is 8.89. The highest BCUT2D eigenvalue weighted by Gasteiger charge is 2.42. The van der Waals surface area contributed by atoms with Crippen molar-refractivity contribution >= 4 is 0 Å². The highest BCUT2D eigenvalue weighted by Crippen LogP contribution is 2.42. The van der Waals surface area contributed by atoms with E-state index >= 15 is 0 Å². The van der Waals surface area contributed by atoms with Crippen molar-refractivity contribution in [2.45, 2.75) is 63.7 Å². The molecule has 2 aliphatic carbocycles. The lowest BCUT2D eigenvalue weighted by molar-refractivity contribution is -0.184. The SMILES string of the molecule is CN(CC1(C)CCC1)C1CCC2(CC1)OCCO2. The van der Waals surface area contributed by atoms with Crippen LogP contribution in [0.2, 0.25) is 0 Å². The highest BCUT2D eigenvalue weighted by molar-refractivity contribution is 4.90. The highest BCUT2D eigenvalue weighted by atomic mass is 16.7. The predicted molar refractivity (Wildman–Crippen MR) is 71.5 cm³/mol. The molecule has 3 nitrogen and oxygen atoms in total. The number of hydrogen-bond acceptors (Lipinski definition) is 3. The first kappa shape index (κ1) is 12.9. The number of ether oxygens (including phenoxy) is 2. The molecule has 0 aromatic carbocycles. The molecule has 1 aliphatic heterocycles. The van der Waals surface area contributed by atoms with Gasteiger partial charge >= 0.3 is 0 Å². The molecule has 0 radical (unpaired) electrons. The monoisotopic (exact) mass is 253 g/mol. The summed E-state index contributed by atoms with van der Waals surface area (Å²) < 4.78 is 11.6. The molecule has 3 rings (SSSR count). The molecule has 3 heteroatoms. The van der Waals surface area contributed by atoms with Crippen molar-refractivity contribution in [3.05, 3.63) is 0 Å². The van der Waals surface area contributed by atoms with Crippen LogP contribution in [0.25, 0.3) is 0 Å². The Morgan fingerprint density at radius 3 is 2.17 bits per heavy atom. The van der Waals surface area contributed by atoms with Crippen LogP contribution in [-0.4, -0.2) is 43.5 Å². The van der Waals surface area contributed by atoms with Gasteiger partial charge in [-0.05, 0) is 38.1 Å². The molecule has 0 aromatic heterocycles. The lowest BCUT2D eigenvalue weighted by Gasteiger charge is -2.45. The summed E-state index contributed by atoms with van der Waals surface area (Å²) in [4.78, 5) is 2.60. The summed E-state index contributed by atoms with van der Waals surface area (Å²) in [6.45, 7) is 5.30. The largest absolute Gasteiger partial charge is 0.348 e. The predicted octanol–water partition coefficient (Wildman–Crippen LogP) is 2.79. The molecule has 1 heterocycles. The number of nitrogens with zero attached hydrogens (tertiary/aromatic N) is 1. The molecule has 0 bridgehead atoms. The van der Waals surface area contributed by atoms with E-state index in [0.717, 1.165) is 32.1 Å². The van der Waals surface area contributed by atoms with Crippen LogP contribution in [0.3, 0.4) is 0 Å². The molecule has 3 fully saturated rings. The van der Waals surface area contributed by atoms with Crippen LogP contribution in [0, 0.1) is 5.41 Å². The van der Waals surface area contributed by atoms with Gasteiger partial charge in [0.2, 0.25) is 0 Å². The van der Waals surface area contributed by atoms with Gasteiger partial charge in [0.15, 0.2) is 5.79 Å². The van der Waals surface area contributed by atoms with Gasteiger partial charge in [0.1, 0.15) is 0 Å². The van der Waals surface area contributed by atoms with E-state index in [1.54, 1.807) is 0 Å². The van der Waals surface area contributed by atoms with Crippen LogP contribution < -0.4 is 0 Å². The smallest absolute Gasteiger partial charge is 0.168 e. The molecule has 0 unspecified atom stereocenters. The van der Waals surface area contributed by atoms with E-state index in [1.165, 1.54) is 38.6 Å². The second-order valence-corrected chi connectivity index (χ2v) is 6.92. The van der Waals surface area contributed by atoms with Crippen LogP contribution in [0.5, 0.6) is 0 Å². The van der Waals surface area contributed by atoms with Crippen LogP contribution in [0.4, 0.5) is 0 Å². The minimum atomic E-state index is -0.197. The number of rotatable bonds is 3. The Hall–Kier alpha value is -0.120. The van der Waals surface area contributed by atoms with Gasteiger partial charge in [0, 0.05) is 25.4 Å². The van der Waals surface area contributed by atoms with Gasteiger partial charge in [0.25, 0.3) is 0 Å². The molecule has 1 spiro atoms. The maximum Gasteiger partial charge on any atom is 0.168 e. The third-order valence-electron chi connectivity index (χ3n) is 5.35. The van der Waals surface area contributed by atoms with Crippen molar-refractivity contribution in [1.82, 2.24) is 4.90 Å². The summed E-state index contributed by atoms with van der Waals surface area (Å²) >= 11 is 0. The van der Waals surface area contributed by atoms with E-state index in [0.29, 0.717) is 5.41 Å². The molecule has 0 aromatic rings. The fourth-order valence-electron chi connectivity index (χ4n) is 3.94. The van der Waals surface area contributed by atoms with Gasteiger partial charge in [-0.2, -0.15) is 0 Å². The molecule has 2 saturated carbocycles. The summed E-state index contributed by atoms with van der Waals surface area (Å²) in [5.41, 5.74) is 0.601. The van der Waals surface area contributed by atoms with E-state index < -0.39 is 0 Å². The summed E-state index contributed by atoms with van der Waals surface area (Å²) in [5.74, 6) is -0.197. The zero-order valence-corrected chi connectivity index (χ0v) is 11.9. The van der Waals surface area contributed by atoms with Crippen LogP contribution >= 0.6 is 0 Å². The second kappa shape index (κ2) is 4.77. The molecule has 18 heavy (non-hydrogen) atoms. The maximum absolute atomic E-state index is 5.80. The Morgan fingerprint density at radius 1 is 1.06 bits per heavy atom. The van der Waals surface area contributed by atoms with Gasteiger partial charge < -0.3 is 14.4 Å². The summed E-state index contributed by atoms with van der Waals surface area (Å²) in [5, 5.41) is 0. The van der Waals surface area contributed by atoms with E-state index in [9.17, 15) is 0 Å². The first-order valence-corrected chi connectivity index (χ1v) is 7.59. The average molecular weight is 253 g/mol. The van der Waals surface area contributed by atoms with Gasteiger partial charge in [-0.25, -0.2) is 0 Å².